The van der Waals surface area contributed by atoms with Crippen LogP contribution in [0.3, 0.4) is 0 Å². The predicted octanol–water partition coefficient (Wildman–Crippen LogP) is 3.13. The van der Waals surface area contributed by atoms with Crippen LogP contribution in [0.25, 0.3) is 0 Å². The van der Waals surface area contributed by atoms with Gasteiger partial charge in [0, 0.05) is 51.8 Å². The molecule has 0 saturated carbocycles. The van der Waals surface area contributed by atoms with Gasteiger partial charge in [-0.1, -0.05) is 24.3 Å². The Balaban J connectivity index is 1.44. The number of hydrogen-bond acceptors (Lipinski definition) is 3. The van der Waals surface area contributed by atoms with Crippen LogP contribution in [0.2, 0.25) is 0 Å². The summed E-state index contributed by atoms with van der Waals surface area (Å²) in [6.45, 7) is 6.14. The first-order chi connectivity index (χ1) is 14.4. The monoisotopic (exact) mass is 415 g/mol. The largest absolute Gasteiger partial charge is 0.351 e. The number of carbonyl (C=O) groups is 2. The van der Waals surface area contributed by atoms with E-state index in [4.69, 9.17) is 0 Å². The maximum atomic E-state index is 13.7. The molecule has 2 aromatic carbocycles. The van der Waals surface area contributed by atoms with Crippen LogP contribution in [-0.4, -0.2) is 54.3 Å². The second kappa shape index (κ2) is 10.3. The molecule has 0 bridgehead atoms. The van der Waals surface area contributed by atoms with Crippen LogP contribution in [0.1, 0.15) is 34.3 Å². The predicted molar refractivity (Wildman–Crippen MR) is 111 cm³/mol. The molecule has 1 aliphatic heterocycles. The van der Waals surface area contributed by atoms with Gasteiger partial charge in [-0.05, 0) is 36.6 Å². The molecule has 0 aromatic heterocycles. The molecular formula is C23H27F2N3O2. The molecule has 7 heteroatoms. The zero-order valence-electron chi connectivity index (χ0n) is 17.2. The minimum Gasteiger partial charge on any atom is -0.351 e. The van der Waals surface area contributed by atoms with Crippen molar-refractivity contribution in [3.8, 4) is 0 Å². The average Bonchev–Trinajstić information content (AvgIpc) is 2.95. The van der Waals surface area contributed by atoms with Gasteiger partial charge in [-0.3, -0.25) is 14.5 Å². The van der Waals surface area contributed by atoms with E-state index in [0.717, 1.165) is 38.2 Å². The van der Waals surface area contributed by atoms with Crippen molar-refractivity contribution in [1.82, 2.24) is 15.1 Å². The molecule has 2 amide bonds. The lowest BCUT2D eigenvalue weighted by Crippen LogP contribution is -2.37. The smallest absolute Gasteiger partial charge is 0.254 e. The molecule has 1 heterocycles. The van der Waals surface area contributed by atoms with Gasteiger partial charge in [-0.2, -0.15) is 0 Å². The first kappa shape index (κ1) is 21.9. The summed E-state index contributed by atoms with van der Waals surface area (Å²) in [6.07, 6.45) is 1.04. The molecule has 0 aliphatic carbocycles. The maximum Gasteiger partial charge on any atom is 0.254 e. The van der Waals surface area contributed by atoms with E-state index in [1.54, 1.807) is 0 Å². The van der Waals surface area contributed by atoms with Gasteiger partial charge in [0.15, 0.2) is 0 Å². The van der Waals surface area contributed by atoms with E-state index in [-0.39, 0.29) is 24.4 Å². The summed E-state index contributed by atoms with van der Waals surface area (Å²) >= 11 is 0. The molecule has 1 N–H and O–H groups in total. The fraction of sp³-hybridized carbons (Fsp3) is 0.391. The molecule has 1 saturated heterocycles. The molecule has 5 nitrogen and oxygen atoms in total. The topological polar surface area (TPSA) is 52.6 Å². The number of nitrogens with zero attached hydrogens (tertiary/aromatic N) is 2. The summed E-state index contributed by atoms with van der Waals surface area (Å²) in [5.74, 6) is -2.34. The Labute approximate surface area is 175 Å². The van der Waals surface area contributed by atoms with Crippen LogP contribution in [0, 0.1) is 18.6 Å². The molecule has 2 aromatic rings. The Morgan fingerprint density at radius 2 is 1.83 bits per heavy atom. The molecule has 0 atom stereocenters. The summed E-state index contributed by atoms with van der Waals surface area (Å²) < 4.78 is 26.6. The average molecular weight is 415 g/mol. The quantitative estimate of drug-likeness (QED) is 0.789. The zero-order valence-corrected chi connectivity index (χ0v) is 17.2. The first-order valence-electron chi connectivity index (χ1n) is 10.2. The van der Waals surface area contributed by atoms with Gasteiger partial charge in [0.2, 0.25) is 5.91 Å². The van der Waals surface area contributed by atoms with Gasteiger partial charge in [0.05, 0.1) is 5.56 Å². The number of aryl methyl sites for hydroxylation is 1. The first-order valence-corrected chi connectivity index (χ1v) is 10.2. The van der Waals surface area contributed by atoms with Gasteiger partial charge in [0.25, 0.3) is 5.91 Å². The number of hydrogen-bond donors (Lipinski definition) is 1. The minimum atomic E-state index is -0.917. The summed E-state index contributed by atoms with van der Waals surface area (Å²) in [6, 6.07) is 11.1. The Bertz CT molecular complexity index is 904. The van der Waals surface area contributed by atoms with Crippen LogP contribution in [0.5, 0.6) is 0 Å². The molecule has 0 spiro atoms. The van der Waals surface area contributed by atoms with Gasteiger partial charge < -0.3 is 10.2 Å². The van der Waals surface area contributed by atoms with E-state index < -0.39 is 17.5 Å². The number of rotatable bonds is 6. The number of halogens is 2. The normalized spacial score (nSPS) is 15.0. The number of carbonyl (C=O) groups excluding carboxylic acids is 2. The second-order valence-electron chi connectivity index (χ2n) is 7.57. The van der Waals surface area contributed by atoms with Crippen molar-refractivity contribution in [2.24, 2.45) is 0 Å². The number of amides is 2. The van der Waals surface area contributed by atoms with Crippen LogP contribution in [-0.2, 0) is 11.3 Å². The van der Waals surface area contributed by atoms with Crippen LogP contribution in [0.4, 0.5) is 8.78 Å². The van der Waals surface area contributed by atoms with Gasteiger partial charge in [-0.25, -0.2) is 8.78 Å². The van der Waals surface area contributed by atoms with Gasteiger partial charge >= 0.3 is 0 Å². The third-order valence-corrected chi connectivity index (χ3v) is 5.40. The third kappa shape index (κ3) is 5.86. The molecule has 30 heavy (non-hydrogen) atoms. The van der Waals surface area contributed by atoms with Crippen LogP contribution >= 0.6 is 0 Å². The molecule has 0 radical (unpaired) electrons. The Morgan fingerprint density at radius 1 is 1.03 bits per heavy atom. The molecule has 1 fully saturated rings. The SMILES string of the molecule is Cc1ccccc1CN1CCCN(C(=O)CCNC(=O)c2ccc(F)cc2F)CC1. The Morgan fingerprint density at radius 3 is 2.60 bits per heavy atom. The van der Waals surface area contributed by atoms with Crippen molar-refractivity contribution in [1.29, 1.82) is 0 Å². The number of nitrogens with one attached hydrogen (secondary N) is 1. The molecular weight excluding hydrogens is 388 g/mol. The van der Waals surface area contributed by atoms with Crippen LogP contribution < -0.4 is 5.32 Å². The van der Waals surface area contributed by atoms with E-state index in [9.17, 15) is 18.4 Å². The van der Waals surface area contributed by atoms with Gasteiger partial charge in [0.1, 0.15) is 11.6 Å². The highest BCUT2D eigenvalue weighted by Gasteiger charge is 2.20. The van der Waals surface area contributed by atoms with Crippen molar-refractivity contribution in [3.63, 3.8) is 0 Å². The minimum absolute atomic E-state index is 0.0346. The van der Waals surface area contributed by atoms with Crippen molar-refractivity contribution >= 4 is 11.8 Å². The molecule has 1 aliphatic rings. The van der Waals surface area contributed by atoms with Crippen molar-refractivity contribution in [3.05, 3.63) is 70.8 Å². The highest BCUT2D eigenvalue weighted by Crippen LogP contribution is 2.13. The van der Waals surface area contributed by atoms with Crippen molar-refractivity contribution < 1.29 is 18.4 Å². The molecule has 160 valence electrons. The van der Waals surface area contributed by atoms with E-state index >= 15 is 0 Å². The lowest BCUT2D eigenvalue weighted by atomic mass is 10.1. The second-order valence-corrected chi connectivity index (χ2v) is 7.57. The van der Waals surface area contributed by atoms with E-state index in [2.05, 4.69) is 29.3 Å². The van der Waals surface area contributed by atoms with E-state index in [1.807, 2.05) is 17.0 Å². The zero-order chi connectivity index (χ0) is 21.5. The summed E-state index contributed by atoms with van der Waals surface area (Å²) in [5.41, 5.74) is 2.33. The van der Waals surface area contributed by atoms with E-state index in [1.165, 1.54) is 11.1 Å². The lowest BCUT2D eigenvalue weighted by molar-refractivity contribution is -0.130. The summed E-state index contributed by atoms with van der Waals surface area (Å²) in [7, 11) is 0. The Hall–Kier alpha value is -2.80. The van der Waals surface area contributed by atoms with Crippen molar-refractivity contribution in [2.75, 3.05) is 32.7 Å². The highest BCUT2D eigenvalue weighted by atomic mass is 19.1. The standard InChI is InChI=1S/C23H27F2N3O2/c1-17-5-2-3-6-18(17)16-27-11-4-12-28(14-13-27)22(29)9-10-26-23(30)20-8-7-19(24)15-21(20)25/h2-3,5-8,15H,4,9-14,16H2,1H3,(H,26,30). The molecule has 0 unspecified atom stereocenters. The fourth-order valence-corrected chi connectivity index (χ4v) is 3.62. The lowest BCUT2D eigenvalue weighted by Gasteiger charge is -2.22. The highest BCUT2D eigenvalue weighted by molar-refractivity contribution is 5.94. The summed E-state index contributed by atoms with van der Waals surface area (Å²) in [4.78, 5) is 28.7. The summed E-state index contributed by atoms with van der Waals surface area (Å²) in [5, 5.41) is 2.53. The van der Waals surface area contributed by atoms with Crippen LogP contribution in [0.15, 0.2) is 42.5 Å². The Kier molecular flexibility index (Phi) is 7.52. The van der Waals surface area contributed by atoms with E-state index in [0.29, 0.717) is 19.2 Å². The molecule has 3 rings (SSSR count). The van der Waals surface area contributed by atoms with Crippen molar-refractivity contribution in [2.45, 2.75) is 26.3 Å². The third-order valence-electron chi connectivity index (χ3n) is 5.40. The van der Waals surface area contributed by atoms with Gasteiger partial charge in [-0.15, -0.1) is 0 Å². The number of benzene rings is 2. The fourth-order valence-electron chi connectivity index (χ4n) is 3.62. The maximum absolute atomic E-state index is 13.7.